The van der Waals surface area contributed by atoms with E-state index in [4.69, 9.17) is 27.8 Å². The molecule has 0 radical (unpaired) electrons. The summed E-state index contributed by atoms with van der Waals surface area (Å²) < 4.78 is 4.93. The van der Waals surface area contributed by atoms with Crippen LogP contribution in [0.3, 0.4) is 0 Å². The maximum atomic E-state index is 5.84. The third-order valence-corrected chi connectivity index (χ3v) is 2.13. The fourth-order valence-corrected chi connectivity index (χ4v) is 1.24. The zero-order valence-corrected chi connectivity index (χ0v) is 8.21. The van der Waals surface area contributed by atoms with Gasteiger partial charge >= 0.3 is 0 Å². The average molecular weight is 201 g/mol. The van der Waals surface area contributed by atoms with Gasteiger partial charge in [-0.3, -0.25) is 0 Å². The van der Waals surface area contributed by atoms with Gasteiger partial charge in [-0.1, -0.05) is 17.7 Å². The SMILES string of the molecule is COCC(N)c1ccc(N)c(Cl)c1. The van der Waals surface area contributed by atoms with Crippen molar-refractivity contribution in [3.05, 3.63) is 28.8 Å². The quantitative estimate of drug-likeness (QED) is 0.729. The topological polar surface area (TPSA) is 61.3 Å². The van der Waals surface area contributed by atoms with Gasteiger partial charge in [0.25, 0.3) is 0 Å². The molecular formula is C9H13ClN2O. The lowest BCUT2D eigenvalue weighted by molar-refractivity contribution is 0.181. The van der Waals surface area contributed by atoms with Crippen LogP contribution in [-0.2, 0) is 4.74 Å². The van der Waals surface area contributed by atoms with Crippen molar-refractivity contribution in [1.29, 1.82) is 0 Å². The summed E-state index contributed by atoms with van der Waals surface area (Å²) >= 11 is 5.84. The maximum Gasteiger partial charge on any atom is 0.0655 e. The van der Waals surface area contributed by atoms with Crippen LogP contribution in [0.2, 0.25) is 5.02 Å². The van der Waals surface area contributed by atoms with Gasteiger partial charge in [-0.05, 0) is 17.7 Å². The smallest absolute Gasteiger partial charge is 0.0655 e. The van der Waals surface area contributed by atoms with Crippen molar-refractivity contribution in [2.75, 3.05) is 19.5 Å². The summed E-state index contributed by atoms with van der Waals surface area (Å²) in [5, 5.41) is 0.532. The number of ether oxygens (including phenoxy) is 1. The molecule has 1 aromatic carbocycles. The first-order valence-electron chi connectivity index (χ1n) is 3.94. The standard InChI is InChI=1S/C9H13ClN2O/c1-13-5-9(12)6-2-3-8(11)7(10)4-6/h2-4,9H,5,11-12H2,1H3. The van der Waals surface area contributed by atoms with Crippen molar-refractivity contribution in [3.8, 4) is 0 Å². The molecule has 0 saturated carbocycles. The molecule has 1 unspecified atom stereocenters. The Morgan fingerprint density at radius 3 is 2.77 bits per heavy atom. The third kappa shape index (κ3) is 2.59. The molecule has 0 heterocycles. The Hall–Kier alpha value is -0.770. The number of rotatable bonds is 3. The van der Waals surface area contributed by atoms with Gasteiger partial charge in [-0.25, -0.2) is 0 Å². The van der Waals surface area contributed by atoms with Gasteiger partial charge < -0.3 is 16.2 Å². The van der Waals surface area contributed by atoms with E-state index in [0.717, 1.165) is 5.56 Å². The number of hydrogen-bond acceptors (Lipinski definition) is 3. The molecule has 0 fully saturated rings. The zero-order chi connectivity index (χ0) is 9.84. The van der Waals surface area contributed by atoms with Gasteiger partial charge in [-0.2, -0.15) is 0 Å². The van der Waals surface area contributed by atoms with Crippen LogP contribution in [0.4, 0.5) is 5.69 Å². The summed E-state index contributed by atoms with van der Waals surface area (Å²) in [5.41, 5.74) is 12.9. The summed E-state index contributed by atoms with van der Waals surface area (Å²) in [6, 6.07) is 5.21. The molecule has 0 bridgehead atoms. The number of hydrogen-bond donors (Lipinski definition) is 2. The molecule has 3 nitrogen and oxygen atoms in total. The first-order chi connectivity index (χ1) is 6.15. The van der Waals surface area contributed by atoms with E-state index in [1.54, 1.807) is 19.2 Å². The van der Waals surface area contributed by atoms with Gasteiger partial charge in [0.2, 0.25) is 0 Å². The number of anilines is 1. The van der Waals surface area contributed by atoms with E-state index in [9.17, 15) is 0 Å². The second-order valence-corrected chi connectivity index (χ2v) is 3.25. The van der Waals surface area contributed by atoms with Gasteiger partial charge in [-0.15, -0.1) is 0 Å². The molecule has 0 saturated heterocycles. The predicted molar refractivity (Wildman–Crippen MR) is 54.7 cm³/mol. The van der Waals surface area contributed by atoms with E-state index in [1.165, 1.54) is 0 Å². The third-order valence-electron chi connectivity index (χ3n) is 1.80. The molecule has 1 atom stereocenters. The molecule has 13 heavy (non-hydrogen) atoms. The Kier molecular flexibility index (Phi) is 3.54. The molecule has 0 aliphatic heterocycles. The van der Waals surface area contributed by atoms with Crippen LogP contribution in [0.25, 0.3) is 0 Å². The van der Waals surface area contributed by atoms with Crippen LogP contribution < -0.4 is 11.5 Å². The van der Waals surface area contributed by atoms with Crippen molar-refractivity contribution in [3.63, 3.8) is 0 Å². The fraction of sp³-hybridized carbons (Fsp3) is 0.333. The molecule has 72 valence electrons. The largest absolute Gasteiger partial charge is 0.398 e. The van der Waals surface area contributed by atoms with Gasteiger partial charge in [0.05, 0.1) is 23.4 Å². The van der Waals surface area contributed by atoms with E-state index in [0.29, 0.717) is 17.3 Å². The van der Waals surface area contributed by atoms with Crippen molar-refractivity contribution in [1.82, 2.24) is 0 Å². The number of halogens is 1. The zero-order valence-electron chi connectivity index (χ0n) is 7.46. The lowest BCUT2D eigenvalue weighted by atomic mass is 10.1. The van der Waals surface area contributed by atoms with Crippen molar-refractivity contribution in [2.24, 2.45) is 5.73 Å². The summed E-state index contributed by atoms with van der Waals surface area (Å²) in [7, 11) is 1.61. The normalized spacial score (nSPS) is 12.8. The molecule has 0 aliphatic rings. The minimum Gasteiger partial charge on any atom is -0.398 e. The monoisotopic (exact) mass is 200 g/mol. The lowest BCUT2D eigenvalue weighted by Crippen LogP contribution is -2.16. The maximum absolute atomic E-state index is 5.84. The molecule has 0 spiro atoms. The van der Waals surface area contributed by atoms with E-state index in [2.05, 4.69) is 0 Å². The summed E-state index contributed by atoms with van der Waals surface area (Å²) in [6.45, 7) is 0.472. The Balaban J connectivity index is 2.84. The Morgan fingerprint density at radius 1 is 1.54 bits per heavy atom. The highest BCUT2D eigenvalue weighted by atomic mass is 35.5. The van der Waals surface area contributed by atoms with E-state index in [-0.39, 0.29) is 6.04 Å². The molecule has 1 rings (SSSR count). The molecule has 4 N–H and O–H groups in total. The lowest BCUT2D eigenvalue weighted by Gasteiger charge is -2.11. The molecule has 1 aromatic rings. The van der Waals surface area contributed by atoms with Crippen molar-refractivity contribution < 1.29 is 4.74 Å². The first-order valence-corrected chi connectivity index (χ1v) is 4.32. The Labute approximate surface area is 82.6 Å². The first kappa shape index (κ1) is 10.3. The van der Waals surface area contributed by atoms with Crippen LogP contribution in [0.1, 0.15) is 11.6 Å². The minimum atomic E-state index is -0.150. The molecule has 4 heteroatoms. The van der Waals surface area contributed by atoms with Crippen molar-refractivity contribution in [2.45, 2.75) is 6.04 Å². The van der Waals surface area contributed by atoms with Gasteiger partial charge in [0.1, 0.15) is 0 Å². The average Bonchev–Trinajstić information content (AvgIpc) is 2.10. The minimum absolute atomic E-state index is 0.150. The van der Waals surface area contributed by atoms with E-state index >= 15 is 0 Å². The molecule has 0 aliphatic carbocycles. The van der Waals surface area contributed by atoms with E-state index < -0.39 is 0 Å². The van der Waals surface area contributed by atoms with Crippen LogP contribution in [0.5, 0.6) is 0 Å². The summed E-state index contributed by atoms with van der Waals surface area (Å²) in [4.78, 5) is 0. The number of methoxy groups -OCH3 is 1. The number of nitrogens with two attached hydrogens (primary N) is 2. The fourth-order valence-electron chi connectivity index (χ4n) is 1.05. The number of nitrogen functional groups attached to an aromatic ring is 1. The second kappa shape index (κ2) is 4.46. The van der Waals surface area contributed by atoms with E-state index in [1.807, 2.05) is 6.07 Å². The Morgan fingerprint density at radius 2 is 2.23 bits per heavy atom. The predicted octanol–water partition coefficient (Wildman–Crippen LogP) is 1.57. The van der Waals surface area contributed by atoms with Crippen LogP contribution in [0.15, 0.2) is 18.2 Å². The van der Waals surface area contributed by atoms with Crippen LogP contribution in [0, 0.1) is 0 Å². The number of benzene rings is 1. The molecule has 0 amide bonds. The van der Waals surface area contributed by atoms with Gasteiger partial charge in [0, 0.05) is 7.11 Å². The highest BCUT2D eigenvalue weighted by molar-refractivity contribution is 6.33. The molecule has 0 aromatic heterocycles. The van der Waals surface area contributed by atoms with Gasteiger partial charge in [0.15, 0.2) is 0 Å². The van der Waals surface area contributed by atoms with Crippen LogP contribution in [-0.4, -0.2) is 13.7 Å². The van der Waals surface area contributed by atoms with Crippen molar-refractivity contribution >= 4 is 17.3 Å². The highest BCUT2D eigenvalue weighted by Crippen LogP contribution is 2.22. The second-order valence-electron chi connectivity index (χ2n) is 2.84. The van der Waals surface area contributed by atoms with Crippen LogP contribution >= 0.6 is 11.6 Å². The summed E-state index contributed by atoms with van der Waals surface area (Å²) in [6.07, 6.45) is 0. The Bertz CT molecular complexity index is 291. The molecular weight excluding hydrogens is 188 g/mol. The summed E-state index contributed by atoms with van der Waals surface area (Å²) in [5.74, 6) is 0. The highest BCUT2D eigenvalue weighted by Gasteiger charge is 2.06.